The van der Waals surface area contributed by atoms with E-state index >= 15 is 0 Å². The van der Waals surface area contributed by atoms with Gasteiger partial charge in [0.15, 0.2) is 0 Å². The molecule has 0 bridgehead atoms. The topological polar surface area (TPSA) is 20.3 Å². The predicted molar refractivity (Wildman–Crippen MR) is 77.4 cm³/mol. The number of benzene rings is 1. The fraction of sp³-hybridized carbons (Fsp3) is 0.417. The Kier molecular flexibility index (Phi) is 4.37. The number of carbonyl (C=O) groups is 1. The molecule has 2 rings (SSSR count). The molecule has 18 heavy (non-hydrogen) atoms. The third-order valence-electron chi connectivity index (χ3n) is 2.87. The second-order valence-electron chi connectivity index (χ2n) is 4.17. The van der Waals surface area contributed by atoms with E-state index in [9.17, 15) is 4.79 Å². The van der Waals surface area contributed by atoms with Crippen molar-refractivity contribution in [3.05, 3.63) is 29.3 Å². The summed E-state index contributed by atoms with van der Waals surface area (Å²) >= 11 is 18.5. The van der Waals surface area contributed by atoms with Gasteiger partial charge in [0.2, 0.25) is 9.03 Å². The second-order valence-corrected chi connectivity index (χ2v) is 8.41. The highest BCUT2D eigenvalue weighted by Gasteiger charge is 2.23. The second kappa shape index (κ2) is 5.49. The van der Waals surface area contributed by atoms with Crippen LogP contribution in [0.2, 0.25) is 0 Å². The average Bonchev–Trinajstić information content (AvgIpc) is 2.25. The molecule has 1 aromatic rings. The van der Waals surface area contributed by atoms with E-state index < -0.39 is 3.12 Å². The summed E-state index contributed by atoms with van der Waals surface area (Å²) in [4.78, 5) is 14.1. The van der Waals surface area contributed by atoms with Gasteiger partial charge in [-0.05, 0) is 29.7 Å². The number of amides is 1. The molecule has 0 radical (unpaired) electrons. The number of halogens is 3. The summed E-state index contributed by atoms with van der Waals surface area (Å²) in [5.74, 6) is 0.0973. The molecule has 0 aliphatic carbocycles. The fourth-order valence-corrected chi connectivity index (χ4v) is 3.41. The third kappa shape index (κ3) is 3.70. The number of hydrogen-bond donors (Lipinski definition) is 0. The summed E-state index contributed by atoms with van der Waals surface area (Å²) in [5, 5.41) is 0. The molecule has 1 aromatic carbocycles. The molecular formula is C12H12Cl3NOS. The molecule has 0 atom stereocenters. The van der Waals surface area contributed by atoms with E-state index in [1.54, 1.807) is 6.92 Å². The van der Waals surface area contributed by atoms with E-state index in [4.69, 9.17) is 34.8 Å². The van der Waals surface area contributed by atoms with E-state index in [2.05, 4.69) is 0 Å². The Balaban J connectivity index is 2.21. The number of hydrogen-bond acceptors (Lipinski definition) is 2. The zero-order valence-electron chi connectivity index (χ0n) is 9.75. The van der Waals surface area contributed by atoms with Crippen molar-refractivity contribution < 1.29 is 4.79 Å². The molecule has 0 spiro atoms. The minimum Gasteiger partial charge on any atom is -0.338 e. The van der Waals surface area contributed by atoms with Crippen molar-refractivity contribution in [2.75, 3.05) is 6.54 Å². The summed E-state index contributed by atoms with van der Waals surface area (Å²) < 4.78 is -1.36. The lowest BCUT2D eigenvalue weighted by atomic mass is 10.00. The largest absolute Gasteiger partial charge is 0.338 e. The molecule has 0 N–H and O–H groups in total. The number of alkyl halides is 3. The standard InChI is InChI=1S/C12H12Cl3NOS/c1-8(17)16-5-4-9-2-3-11(6-10(9)7-16)18-12(13,14)15/h2-3,6H,4-5,7H2,1H3. The maximum atomic E-state index is 11.4. The molecule has 6 heteroatoms. The highest BCUT2D eigenvalue weighted by molar-refractivity contribution is 8.04. The first-order valence-electron chi connectivity index (χ1n) is 5.48. The molecule has 1 amide bonds. The third-order valence-corrected chi connectivity index (χ3v) is 4.28. The van der Waals surface area contributed by atoms with Crippen LogP contribution in [0.25, 0.3) is 0 Å². The smallest absolute Gasteiger partial charge is 0.241 e. The number of thioether (sulfide) groups is 1. The number of fused-ring (bicyclic) bond motifs is 1. The Labute approximate surface area is 126 Å². The minimum atomic E-state index is -1.36. The zero-order chi connectivity index (χ0) is 13.3. The molecule has 1 aliphatic heterocycles. The molecule has 98 valence electrons. The van der Waals surface area contributed by atoms with Crippen molar-refractivity contribution in [2.24, 2.45) is 0 Å². The van der Waals surface area contributed by atoms with E-state index in [0.29, 0.717) is 6.54 Å². The van der Waals surface area contributed by atoms with E-state index in [-0.39, 0.29) is 5.91 Å². The summed E-state index contributed by atoms with van der Waals surface area (Å²) in [6.45, 7) is 3.00. The summed E-state index contributed by atoms with van der Waals surface area (Å²) in [6.07, 6.45) is 0.883. The summed E-state index contributed by atoms with van der Waals surface area (Å²) in [7, 11) is 0. The molecule has 0 saturated heterocycles. The van der Waals surface area contributed by atoms with E-state index in [1.807, 2.05) is 23.1 Å². The van der Waals surface area contributed by atoms with Crippen LogP contribution in [-0.2, 0) is 17.8 Å². The molecule has 0 fully saturated rings. The van der Waals surface area contributed by atoms with Crippen LogP contribution in [0, 0.1) is 0 Å². The van der Waals surface area contributed by atoms with Crippen molar-refractivity contribution >= 4 is 52.5 Å². The van der Waals surface area contributed by atoms with Crippen LogP contribution in [0.4, 0.5) is 0 Å². The van der Waals surface area contributed by atoms with Gasteiger partial charge in [0.05, 0.1) is 0 Å². The van der Waals surface area contributed by atoms with Crippen LogP contribution in [-0.4, -0.2) is 20.5 Å². The Hall–Kier alpha value is -0.0900. The highest BCUT2D eigenvalue weighted by atomic mass is 35.6. The first kappa shape index (κ1) is 14.3. The maximum absolute atomic E-state index is 11.4. The van der Waals surface area contributed by atoms with Crippen LogP contribution in [0.3, 0.4) is 0 Å². The van der Waals surface area contributed by atoms with Gasteiger partial charge in [0.1, 0.15) is 0 Å². The van der Waals surface area contributed by atoms with Gasteiger partial charge in [0.25, 0.3) is 0 Å². The van der Waals surface area contributed by atoms with Crippen LogP contribution in [0.15, 0.2) is 23.1 Å². The van der Waals surface area contributed by atoms with Gasteiger partial charge in [-0.2, -0.15) is 0 Å². The normalized spacial score (nSPS) is 15.4. The van der Waals surface area contributed by atoms with Gasteiger partial charge in [-0.3, -0.25) is 4.79 Å². The van der Waals surface area contributed by atoms with Gasteiger partial charge in [-0.25, -0.2) is 0 Å². The van der Waals surface area contributed by atoms with Crippen LogP contribution in [0.5, 0.6) is 0 Å². The minimum absolute atomic E-state index is 0.0973. The van der Waals surface area contributed by atoms with Crippen molar-refractivity contribution in [1.29, 1.82) is 0 Å². The van der Waals surface area contributed by atoms with Gasteiger partial charge in [-0.1, -0.05) is 52.6 Å². The van der Waals surface area contributed by atoms with Gasteiger partial charge in [-0.15, -0.1) is 0 Å². The molecule has 1 aliphatic rings. The Morgan fingerprint density at radius 3 is 2.67 bits per heavy atom. The van der Waals surface area contributed by atoms with Crippen molar-refractivity contribution in [1.82, 2.24) is 4.90 Å². The lowest BCUT2D eigenvalue weighted by molar-refractivity contribution is -0.129. The van der Waals surface area contributed by atoms with Crippen LogP contribution < -0.4 is 0 Å². The summed E-state index contributed by atoms with van der Waals surface area (Å²) in [5.41, 5.74) is 2.40. The summed E-state index contributed by atoms with van der Waals surface area (Å²) in [6, 6.07) is 6.00. The molecule has 0 saturated carbocycles. The number of carbonyl (C=O) groups excluding carboxylic acids is 1. The molecule has 1 heterocycles. The van der Waals surface area contributed by atoms with Crippen molar-refractivity contribution in [2.45, 2.75) is 27.9 Å². The molecular weight excluding hydrogens is 313 g/mol. The highest BCUT2D eigenvalue weighted by Crippen LogP contribution is 2.44. The maximum Gasteiger partial charge on any atom is 0.241 e. The van der Waals surface area contributed by atoms with Gasteiger partial charge < -0.3 is 4.90 Å². The Bertz CT molecular complexity index is 473. The van der Waals surface area contributed by atoms with E-state index in [1.165, 1.54) is 17.3 Å². The van der Waals surface area contributed by atoms with Crippen LogP contribution in [0.1, 0.15) is 18.1 Å². The average molecular weight is 325 g/mol. The first-order valence-corrected chi connectivity index (χ1v) is 7.43. The van der Waals surface area contributed by atoms with E-state index in [0.717, 1.165) is 23.4 Å². The Morgan fingerprint density at radius 1 is 1.33 bits per heavy atom. The quantitative estimate of drug-likeness (QED) is 0.574. The van der Waals surface area contributed by atoms with Gasteiger partial charge in [0, 0.05) is 24.9 Å². The first-order chi connectivity index (χ1) is 8.35. The lowest BCUT2D eigenvalue weighted by Crippen LogP contribution is -2.34. The Morgan fingerprint density at radius 2 is 2.06 bits per heavy atom. The lowest BCUT2D eigenvalue weighted by Gasteiger charge is -2.28. The fourth-order valence-electron chi connectivity index (χ4n) is 2.00. The zero-order valence-corrected chi connectivity index (χ0v) is 12.8. The van der Waals surface area contributed by atoms with Crippen LogP contribution >= 0.6 is 46.6 Å². The molecule has 0 aromatic heterocycles. The molecule has 2 nitrogen and oxygen atoms in total. The van der Waals surface area contributed by atoms with Gasteiger partial charge >= 0.3 is 0 Å². The SMILES string of the molecule is CC(=O)N1CCc2ccc(SC(Cl)(Cl)Cl)cc2C1. The van der Waals surface area contributed by atoms with Crippen molar-refractivity contribution in [3.63, 3.8) is 0 Å². The predicted octanol–water partition coefficient (Wildman–Crippen LogP) is 4.01. The number of rotatable bonds is 1. The van der Waals surface area contributed by atoms with Crippen molar-refractivity contribution in [3.8, 4) is 0 Å². The number of nitrogens with zero attached hydrogens (tertiary/aromatic N) is 1. The monoisotopic (exact) mass is 323 g/mol. The molecule has 0 unspecified atom stereocenters.